The Kier molecular flexibility index (Phi) is 4.31. The van der Waals surface area contributed by atoms with Gasteiger partial charge < -0.3 is 18.9 Å². The van der Waals surface area contributed by atoms with Gasteiger partial charge in [0.25, 0.3) is 0 Å². The molecule has 0 aromatic carbocycles. The average Bonchev–Trinajstić information content (AvgIpc) is 2.91. The van der Waals surface area contributed by atoms with E-state index in [1.54, 1.807) is 12.7 Å². The van der Waals surface area contributed by atoms with E-state index in [4.69, 9.17) is 9.47 Å². The number of anilines is 1. The number of aromatic nitrogens is 4. The van der Waals surface area contributed by atoms with E-state index >= 15 is 0 Å². The third kappa shape index (κ3) is 3.14. The third-order valence-corrected chi connectivity index (χ3v) is 3.58. The van der Waals surface area contributed by atoms with Gasteiger partial charge in [0.2, 0.25) is 0 Å². The number of hydrogen-bond acceptors (Lipinski definition) is 6. The smallest absolute Gasteiger partial charge is 0.165 e. The van der Waals surface area contributed by atoms with Crippen LogP contribution in [0.1, 0.15) is 19.3 Å². The summed E-state index contributed by atoms with van der Waals surface area (Å²) < 4.78 is 13.3. The van der Waals surface area contributed by atoms with Crippen molar-refractivity contribution in [3.8, 4) is 0 Å². The zero-order chi connectivity index (χ0) is 14.7. The van der Waals surface area contributed by atoms with Crippen LogP contribution in [0.25, 0.3) is 11.2 Å². The Bertz CT molecular complexity index is 592. The van der Waals surface area contributed by atoms with Gasteiger partial charge in [-0.1, -0.05) is 0 Å². The fourth-order valence-corrected chi connectivity index (χ4v) is 2.48. The van der Waals surface area contributed by atoms with Crippen LogP contribution in [0, 0.1) is 0 Å². The van der Waals surface area contributed by atoms with E-state index < -0.39 is 0 Å². The molecule has 0 saturated carbocycles. The van der Waals surface area contributed by atoms with Gasteiger partial charge in [-0.2, -0.15) is 0 Å². The summed E-state index contributed by atoms with van der Waals surface area (Å²) in [5.41, 5.74) is 1.65. The minimum Gasteiger partial charge on any atom is -0.361 e. The van der Waals surface area contributed by atoms with Crippen molar-refractivity contribution in [3.63, 3.8) is 0 Å². The molecule has 3 heterocycles. The van der Waals surface area contributed by atoms with E-state index in [1.165, 1.54) is 6.42 Å². The van der Waals surface area contributed by atoms with Gasteiger partial charge in [-0.25, -0.2) is 15.0 Å². The lowest BCUT2D eigenvalue weighted by Gasteiger charge is -2.22. The quantitative estimate of drug-likeness (QED) is 0.830. The number of ether oxygens (including phenoxy) is 2. The van der Waals surface area contributed by atoms with E-state index in [0.29, 0.717) is 13.2 Å². The molecule has 0 spiro atoms. The summed E-state index contributed by atoms with van der Waals surface area (Å²) in [5, 5.41) is 0. The standard InChI is InChI=1S/C14H21N5O2/c1-18(2)13-12-14(16-9-15-13)19(10-17-12)6-8-21-11-5-3-4-7-20-11/h9-11H,3-8H2,1-2H3/t11-/m0/s1. The summed E-state index contributed by atoms with van der Waals surface area (Å²) in [6.07, 6.45) is 6.60. The Labute approximate surface area is 123 Å². The van der Waals surface area contributed by atoms with E-state index in [0.717, 1.165) is 36.4 Å². The first-order valence-electron chi connectivity index (χ1n) is 7.32. The molecule has 0 bridgehead atoms. The largest absolute Gasteiger partial charge is 0.361 e. The Morgan fingerprint density at radius 1 is 1.33 bits per heavy atom. The van der Waals surface area contributed by atoms with Gasteiger partial charge in [0, 0.05) is 27.2 Å². The maximum absolute atomic E-state index is 5.76. The molecule has 7 nitrogen and oxygen atoms in total. The van der Waals surface area contributed by atoms with Gasteiger partial charge in [0.05, 0.1) is 12.9 Å². The number of fused-ring (bicyclic) bond motifs is 1. The maximum Gasteiger partial charge on any atom is 0.165 e. The highest BCUT2D eigenvalue weighted by Crippen LogP contribution is 2.19. The molecule has 21 heavy (non-hydrogen) atoms. The zero-order valence-electron chi connectivity index (χ0n) is 12.5. The molecule has 0 radical (unpaired) electrons. The molecule has 3 rings (SSSR count). The molecule has 0 unspecified atom stereocenters. The fraction of sp³-hybridized carbons (Fsp3) is 0.643. The van der Waals surface area contributed by atoms with Crippen LogP contribution in [-0.4, -0.2) is 53.1 Å². The lowest BCUT2D eigenvalue weighted by atomic mass is 10.2. The molecule has 0 N–H and O–H groups in total. The monoisotopic (exact) mass is 291 g/mol. The predicted molar refractivity (Wildman–Crippen MR) is 79.2 cm³/mol. The lowest BCUT2D eigenvalue weighted by Crippen LogP contribution is -2.23. The summed E-state index contributed by atoms with van der Waals surface area (Å²) in [5.74, 6) is 0.829. The van der Waals surface area contributed by atoms with Crippen LogP contribution in [0.5, 0.6) is 0 Å². The Morgan fingerprint density at radius 3 is 3.00 bits per heavy atom. The van der Waals surface area contributed by atoms with Gasteiger partial charge in [-0.05, 0) is 19.3 Å². The Balaban J connectivity index is 1.65. The second kappa shape index (κ2) is 6.36. The molecule has 0 amide bonds. The van der Waals surface area contributed by atoms with Crippen molar-refractivity contribution in [2.75, 3.05) is 32.2 Å². The molecule has 1 aliphatic heterocycles. The zero-order valence-corrected chi connectivity index (χ0v) is 12.5. The third-order valence-electron chi connectivity index (χ3n) is 3.58. The van der Waals surface area contributed by atoms with Gasteiger partial charge in [0.1, 0.15) is 6.33 Å². The van der Waals surface area contributed by atoms with Crippen molar-refractivity contribution in [2.24, 2.45) is 0 Å². The minimum atomic E-state index is -0.0551. The Morgan fingerprint density at radius 2 is 2.24 bits per heavy atom. The van der Waals surface area contributed by atoms with E-state index in [9.17, 15) is 0 Å². The van der Waals surface area contributed by atoms with Crippen LogP contribution < -0.4 is 4.90 Å². The molecule has 2 aromatic rings. The van der Waals surface area contributed by atoms with Crippen LogP contribution in [0.4, 0.5) is 5.82 Å². The van der Waals surface area contributed by atoms with Crippen molar-refractivity contribution in [3.05, 3.63) is 12.7 Å². The van der Waals surface area contributed by atoms with Crippen molar-refractivity contribution in [1.82, 2.24) is 19.5 Å². The van der Waals surface area contributed by atoms with Crippen LogP contribution in [0.2, 0.25) is 0 Å². The van der Waals surface area contributed by atoms with Crippen molar-refractivity contribution in [1.29, 1.82) is 0 Å². The number of hydrogen-bond donors (Lipinski definition) is 0. The lowest BCUT2D eigenvalue weighted by molar-refractivity contribution is -0.163. The molecule has 0 aliphatic carbocycles. The highest BCUT2D eigenvalue weighted by atomic mass is 16.7. The molecule has 1 saturated heterocycles. The Hall–Kier alpha value is -1.73. The highest BCUT2D eigenvalue weighted by molar-refractivity contribution is 5.82. The highest BCUT2D eigenvalue weighted by Gasteiger charge is 2.15. The van der Waals surface area contributed by atoms with Gasteiger partial charge in [-0.15, -0.1) is 0 Å². The summed E-state index contributed by atoms with van der Waals surface area (Å²) in [6, 6.07) is 0. The number of rotatable bonds is 5. The SMILES string of the molecule is CN(C)c1ncnc2c1ncn2CCO[C@H]1CCCCO1. The first-order chi connectivity index (χ1) is 10.3. The molecular weight excluding hydrogens is 270 g/mol. The number of imidazole rings is 1. The molecule has 1 fully saturated rings. The molecule has 114 valence electrons. The first-order valence-corrected chi connectivity index (χ1v) is 7.32. The average molecular weight is 291 g/mol. The second-order valence-electron chi connectivity index (χ2n) is 5.37. The fourth-order valence-electron chi connectivity index (χ4n) is 2.48. The van der Waals surface area contributed by atoms with Gasteiger partial charge in [0.15, 0.2) is 23.3 Å². The minimum absolute atomic E-state index is 0.0551. The van der Waals surface area contributed by atoms with Crippen molar-refractivity contribution < 1.29 is 9.47 Å². The summed E-state index contributed by atoms with van der Waals surface area (Å²) in [6.45, 7) is 2.11. The van der Waals surface area contributed by atoms with E-state index in [1.807, 2.05) is 23.6 Å². The first kappa shape index (κ1) is 14.2. The van der Waals surface area contributed by atoms with Gasteiger partial charge >= 0.3 is 0 Å². The molecule has 1 atom stereocenters. The normalized spacial score (nSPS) is 19.0. The predicted octanol–water partition coefficient (Wildman–Crippen LogP) is 1.44. The topological polar surface area (TPSA) is 65.3 Å². The maximum atomic E-state index is 5.76. The van der Waals surface area contributed by atoms with Crippen molar-refractivity contribution in [2.45, 2.75) is 32.1 Å². The van der Waals surface area contributed by atoms with Crippen LogP contribution in [0.15, 0.2) is 12.7 Å². The molecular formula is C14H21N5O2. The van der Waals surface area contributed by atoms with Crippen LogP contribution in [-0.2, 0) is 16.0 Å². The molecule has 1 aliphatic rings. The second-order valence-corrected chi connectivity index (χ2v) is 5.37. The molecule has 2 aromatic heterocycles. The van der Waals surface area contributed by atoms with Crippen LogP contribution >= 0.6 is 0 Å². The van der Waals surface area contributed by atoms with Gasteiger partial charge in [-0.3, -0.25) is 0 Å². The van der Waals surface area contributed by atoms with E-state index in [-0.39, 0.29) is 6.29 Å². The summed E-state index contributed by atoms with van der Waals surface area (Å²) in [4.78, 5) is 14.9. The number of nitrogens with zero attached hydrogens (tertiary/aromatic N) is 5. The summed E-state index contributed by atoms with van der Waals surface area (Å²) >= 11 is 0. The van der Waals surface area contributed by atoms with E-state index in [2.05, 4.69) is 15.0 Å². The van der Waals surface area contributed by atoms with Crippen LogP contribution in [0.3, 0.4) is 0 Å². The molecule has 7 heteroatoms. The summed E-state index contributed by atoms with van der Waals surface area (Å²) in [7, 11) is 3.90. The van der Waals surface area contributed by atoms with Crippen molar-refractivity contribution >= 4 is 17.0 Å².